The van der Waals surface area contributed by atoms with Crippen LogP contribution in [0.3, 0.4) is 0 Å². The van der Waals surface area contributed by atoms with Crippen LogP contribution in [0.2, 0.25) is 0 Å². The second kappa shape index (κ2) is 4.48. The van der Waals surface area contributed by atoms with Crippen molar-refractivity contribution in [1.29, 1.82) is 0 Å². The van der Waals surface area contributed by atoms with E-state index in [1.54, 1.807) is 0 Å². The van der Waals surface area contributed by atoms with Crippen LogP contribution in [-0.2, 0) is 0 Å². The molecule has 4 heteroatoms. The van der Waals surface area contributed by atoms with E-state index in [0.717, 1.165) is 32.7 Å². The maximum absolute atomic E-state index is 11.9. The number of rotatable bonds is 2. The number of nitrogens with one attached hydrogen (secondary N) is 2. The quantitative estimate of drug-likeness (QED) is 0.757. The molecular formula is C13H23N3O. The number of nitrogens with zero attached hydrogens (tertiary/aromatic N) is 1. The molecule has 0 unspecified atom stereocenters. The van der Waals surface area contributed by atoms with Crippen molar-refractivity contribution in [3.8, 4) is 0 Å². The Bertz CT molecular complexity index is 287. The van der Waals surface area contributed by atoms with Crippen molar-refractivity contribution >= 4 is 6.03 Å². The zero-order chi connectivity index (χ0) is 11.7. The predicted molar refractivity (Wildman–Crippen MR) is 66.8 cm³/mol. The Morgan fingerprint density at radius 2 is 1.94 bits per heavy atom. The average molecular weight is 237 g/mol. The Morgan fingerprint density at radius 3 is 2.53 bits per heavy atom. The highest BCUT2D eigenvalue weighted by Crippen LogP contribution is 2.43. The Labute approximate surface area is 103 Å². The zero-order valence-corrected chi connectivity index (χ0v) is 10.5. The van der Waals surface area contributed by atoms with Gasteiger partial charge in [-0.25, -0.2) is 4.79 Å². The van der Waals surface area contributed by atoms with Crippen LogP contribution >= 0.6 is 0 Å². The lowest BCUT2D eigenvalue weighted by Crippen LogP contribution is -2.62. The standard InChI is InChI=1S/C13H23N3O/c17-12(15-8-11-6-14-7-11)16-9-13(10-16)4-2-1-3-5-13/h11,14H,1-10H2,(H,15,17). The number of urea groups is 1. The second-order valence-electron chi connectivity index (χ2n) is 6.13. The van der Waals surface area contributed by atoms with Gasteiger partial charge in [-0.05, 0) is 12.8 Å². The predicted octanol–water partition coefficient (Wildman–Crippen LogP) is 1.18. The van der Waals surface area contributed by atoms with Crippen LogP contribution in [0.4, 0.5) is 4.79 Å². The minimum absolute atomic E-state index is 0.160. The molecule has 3 fully saturated rings. The molecule has 4 nitrogen and oxygen atoms in total. The van der Waals surface area contributed by atoms with Gasteiger partial charge in [0, 0.05) is 44.1 Å². The molecule has 0 aromatic carbocycles. The summed E-state index contributed by atoms with van der Waals surface area (Å²) in [6.07, 6.45) is 6.79. The van der Waals surface area contributed by atoms with Gasteiger partial charge in [-0.2, -0.15) is 0 Å². The molecule has 2 N–H and O–H groups in total. The van der Waals surface area contributed by atoms with Gasteiger partial charge < -0.3 is 15.5 Å². The van der Waals surface area contributed by atoms with E-state index in [-0.39, 0.29) is 6.03 Å². The first-order chi connectivity index (χ1) is 8.27. The van der Waals surface area contributed by atoms with Crippen molar-refractivity contribution < 1.29 is 4.79 Å². The van der Waals surface area contributed by atoms with Gasteiger partial charge >= 0.3 is 6.03 Å². The molecule has 2 saturated heterocycles. The van der Waals surface area contributed by atoms with Crippen molar-refractivity contribution in [2.45, 2.75) is 32.1 Å². The minimum atomic E-state index is 0.160. The molecule has 17 heavy (non-hydrogen) atoms. The summed E-state index contributed by atoms with van der Waals surface area (Å²) in [5.74, 6) is 0.656. The van der Waals surface area contributed by atoms with Crippen LogP contribution in [0, 0.1) is 11.3 Å². The molecule has 0 aromatic rings. The van der Waals surface area contributed by atoms with E-state index >= 15 is 0 Å². The number of hydrogen-bond acceptors (Lipinski definition) is 2. The topological polar surface area (TPSA) is 44.4 Å². The number of likely N-dealkylation sites (tertiary alicyclic amines) is 1. The van der Waals surface area contributed by atoms with Gasteiger partial charge in [0.15, 0.2) is 0 Å². The van der Waals surface area contributed by atoms with Crippen molar-refractivity contribution in [2.75, 3.05) is 32.7 Å². The molecule has 2 aliphatic heterocycles. The summed E-state index contributed by atoms with van der Waals surface area (Å²) in [6, 6.07) is 0.160. The Balaban J connectivity index is 1.39. The first-order valence-electron chi connectivity index (χ1n) is 7.01. The molecule has 3 aliphatic rings. The van der Waals surface area contributed by atoms with E-state index < -0.39 is 0 Å². The number of amides is 2. The largest absolute Gasteiger partial charge is 0.338 e. The SMILES string of the molecule is O=C(NCC1CNC1)N1CC2(CCCCC2)C1. The molecular weight excluding hydrogens is 214 g/mol. The zero-order valence-electron chi connectivity index (χ0n) is 10.5. The lowest BCUT2D eigenvalue weighted by Gasteiger charge is -2.52. The van der Waals surface area contributed by atoms with Gasteiger partial charge in [0.2, 0.25) is 0 Å². The fourth-order valence-corrected chi connectivity index (χ4v) is 3.36. The van der Waals surface area contributed by atoms with E-state index in [0.29, 0.717) is 11.3 Å². The van der Waals surface area contributed by atoms with Crippen LogP contribution < -0.4 is 10.6 Å². The van der Waals surface area contributed by atoms with E-state index in [9.17, 15) is 4.79 Å². The Kier molecular flexibility index (Phi) is 2.99. The second-order valence-corrected chi connectivity index (χ2v) is 6.13. The average Bonchev–Trinajstić information content (AvgIpc) is 2.24. The van der Waals surface area contributed by atoms with Gasteiger partial charge in [0.1, 0.15) is 0 Å². The molecule has 96 valence electrons. The van der Waals surface area contributed by atoms with E-state index in [1.165, 1.54) is 32.1 Å². The summed E-state index contributed by atoms with van der Waals surface area (Å²) in [7, 11) is 0. The van der Waals surface area contributed by atoms with E-state index in [1.807, 2.05) is 4.90 Å². The van der Waals surface area contributed by atoms with Gasteiger partial charge in [-0.15, -0.1) is 0 Å². The molecule has 0 bridgehead atoms. The third kappa shape index (κ3) is 2.28. The highest BCUT2D eigenvalue weighted by atomic mass is 16.2. The number of carbonyl (C=O) groups excluding carboxylic acids is 1. The monoisotopic (exact) mass is 237 g/mol. The van der Waals surface area contributed by atoms with Gasteiger partial charge in [-0.3, -0.25) is 0 Å². The Hall–Kier alpha value is -0.770. The lowest BCUT2D eigenvalue weighted by molar-refractivity contribution is 0.000539. The van der Waals surface area contributed by atoms with Crippen molar-refractivity contribution in [3.63, 3.8) is 0 Å². The third-order valence-corrected chi connectivity index (χ3v) is 4.66. The molecule has 2 amide bonds. The maximum Gasteiger partial charge on any atom is 0.317 e. The van der Waals surface area contributed by atoms with Crippen LogP contribution in [0.1, 0.15) is 32.1 Å². The molecule has 1 aliphatic carbocycles. The van der Waals surface area contributed by atoms with Gasteiger partial charge in [0.05, 0.1) is 0 Å². The highest BCUT2D eigenvalue weighted by Gasteiger charge is 2.45. The minimum Gasteiger partial charge on any atom is -0.338 e. The fourth-order valence-electron chi connectivity index (χ4n) is 3.36. The molecule has 2 heterocycles. The van der Waals surface area contributed by atoms with Crippen molar-refractivity contribution in [3.05, 3.63) is 0 Å². The van der Waals surface area contributed by atoms with Gasteiger partial charge in [0.25, 0.3) is 0 Å². The lowest BCUT2D eigenvalue weighted by atomic mass is 9.69. The summed E-state index contributed by atoms with van der Waals surface area (Å²) in [5.41, 5.74) is 0.508. The fraction of sp³-hybridized carbons (Fsp3) is 0.923. The van der Waals surface area contributed by atoms with Crippen molar-refractivity contribution in [2.24, 2.45) is 11.3 Å². The normalized spacial score (nSPS) is 27.4. The highest BCUT2D eigenvalue weighted by molar-refractivity contribution is 5.75. The smallest absolute Gasteiger partial charge is 0.317 e. The van der Waals surface area contributed by atoms with Gasteiger partial charge in [-0.1, -0.05) is 19.3 Å². The molecule has 1 spiro atoms. The molecule has 0 atom stereocenters. The summed E-state index contributed by atoms with van der Waals surface area (Å²) < 4.78 is 0. The van der Waals surface area contributed by atoms with Crippen molar-refractivity contribution in [1.82, 2.24) is 15.5 Å². The first-order valence-corrected chi connectivity index (χ1v) is 7.01. The molecule has 0 radical (unpaired) electrons. The summed E-state index contributed by atoms with van der Waals surface area (Å²) in [4.78, 5) is 13.9. The summed E-state index contributed by atoms with van der Waals surface area (Å²) >= 11 is 0. The molecule has 0 aromatic heterocycles. The number of hydrogen-bond donors (Lipinski definition) is 2. The number of carbonyl (C=O) groups is 1. The van der Waals surface area contributed by atoms with E-state index in [2.05, 4.69) is 10.6 Å². The molecule has 3 rings (SSSR count). The van der Waals surface area contributed by atoms with Crippen LogP contribution in [-0.4, -0.2) is 43.7 Å². The van der Waals surface area contributed by atoms with Crippen LogP contribution in [0.15, 0.2) is 0 Å². The molecule has 1 saturated carbocycles. The third-order valence-electron chi connectivity index (χ3n) is 4.66. The Morgan fingerprint density at radius 1 is 1.24 bits per heavy atom. The first kappa shape index (κ1) is 11.3. The maximum atomic E-state index is 11.9. The summed E-state index contributed by atoms with van der Waals surface area (Å²) in [6.45, 7) is 4.97. The summed E-state index contributed by atoms with van der Waals surface area (Å²) in [5, 5.41) is 6.28. The van der Waals surface area contributed by atoms with Crippen LogP contribution in [0.5, 0.6) is 0 Å². The van der Waals surface area contributed by atoms with Crippen LogP contribution in [0.25, 0.3) is 0 Å². The van der Waals surface area contributed by atoms with E-state index in [4.69, 9.17) is 0 Å².